The van der Waals surface area contributed by atoms with Crippen LogP contribution in [0.15, 0.2) is 107 Å². The number of rotatable bonds is 23. The van der Waals surface area contributed by atoms with Crippen molar-refractivity contribution in [1.29, 1.82) is 0 Å². The second-order valence-corrected chi connectivity index (χ2v) is 20.5. The third-order valence-corrected chi connectivity index (χ3v) is 14.6. The molecule has 6 atom stereocenters. The average Bonchev–Trinajstić information content (AvgIpc) is 3.83. The number of halogens is 1. The number of allylic oxidation sites excluding steroid dienone is 1. The lowest BCUT2D eigenvalue weighted by Crippen LogP contribution is -2.70. The van der Waals surface area contributed by atoms with E-state index in [1.165, 1.54) is 29.9 Å². The first-order chi connectivity index (χ1) is 31.5. The molecule has 0 spiro atoms. The molecule has 11 heteroatoms. The molecule has 0 unspecified atom stereocenters. The van der Waals surface area contributed by atoms with Gasteiger partial charge in [-0.1, -0.05) is 86.2 Å². The molecule has 4 aliphatic rings. The minimum absolute atomic E-state index is 0.00317. The van der Waals surface area contributed by atoms with E-state index in [1.807, 2.05) is 56.0 Å². The van der Waals surface area contributed by atoms with Gasteiger partial charge in [0.15, 0.2) is 0 Å². The smallest absolute Gasteiger partial charge is 0.239 e. The quantitative estimate of drug-likeness (QED) is 0.0419. The monoisotopic (exact) mass is 910 g/mol. The number of benzene rings is 3. The Labute approximate surface area is 390 Å². The van der Waals surface area contributed by atoms with Crippen LogP contribution < -0.4 is 9.47 Å². The summed E-state index contributed by atoms with van der Waals surface area (Å²) in [4.78, 5) is 24.6. The third-order valence-electron chi connectivity index (χ3n) is 13.6. The van der Waals surface area contributed by atoms with Gasteiger partial charge in [0.1, 0.15) is 29.0 Å². The maximum absolute atomic E-state index is 15.1. The molecule has 1 aliphatic heterocycles. The van der Waals surface area contributed by atoms with Gasteiger partial charge in [-0.2, -0.15) is 0 Å². The van der Waals surface area contributed by atoms with E-state index >= 15 is 4.79 Å². The fraction of sp³-hybridized carbons (Fsp3) is 0.556. The largest absolute Gasteiger partial charge is 0.493 e. The van der Waals surface area contributed by atoms with Crippen molar-refractivity contribution in [1.82, 2.24) is 4.90 Å². The first-order valence-corrected chi connectivity index (χ1v) is 25.1. The second kappa shape index (κ2) is 23.0. The van der Waals surface area contributed by atoms with Crippen molar-refractivity contribution in [2.75, 3.05) is 32.2 Å². The van der Waals surface area contributed by atoms with Gasteiger partial charge in [0.2, 0.25) is 11.7 Å². The number of carbonyl (C=O) groups is 1. The van der Waals surface area contributed by atoms with E-state index in [1.54, 1.807) is 30.0 Å². The molecule has 0 radical (unpaired) electrons. The zero-order chi connectivity index (χ0) is 45.8. The predicted molar refractivity (Wildman–Crippen MR) is 257 cm³/mol. The lowest BCUT2D eigenvalue weighted by molar-refractivity contribution is -0.258. The predicted octanol–water partition coefficient (Wildman–Crippen LogP) is 11.4. The number of aliphatic hydroxyl groups excluding tert-OH is 2. The van der Waals surface area contributed by atoms with Gasteiger partial charge in [0, 0.05) is 54.7 Å². The number of unbranched alkanes of at least 4 members (excludes halogenated alkanes) is 2. The number of hydrogen-bond acceptors (Lipinski definition) is 9. The number of aliphatic hydroxyl groups is 2. The number of nitrogens with zero attached hydrogens (tertiary/aromatic N) is 2. The maximum Gasteiger partial charge on any atom is 0.239 e. The maximum atomic E-state index is 15.1. The van der Waals surface area contributed by atoms with Crippen molar-refractivity contribution < 1.29 is 38.4 Å². The van der Waals surface area contributed by atoms with Crippen molar-refractivity contribution in [3.63, 3.8) is 0 Å². The molecular weight excluding hydrogens is 840 g/mol. The van der Waals surface area contributed by atoms with Crippen LogP contribution in [0.1, 0.15) is 121 Å². The van der Waals surface area contributed by atoms with Gasteiger partial charge in [-0.15, -0.1) is 18.3 Å². The fourth-order valence-electron chi connectivity index (χ4n) is 10.7. The van der Waals surface area contributed by atoms with E-state index in [2.05, 4.69) is 30.9 Å². The number of ether oxygens (including phenoxy) is 3. The average molecular weight is 911 g/mol. The molecule has 3 aromatic carbocycles. The summed E-state index contributed by atoms with van der Waals surface area (Å²) in [5, 5.41) is 25.0. The lowest BCUT2D eigenvalue weighted by atomic mass is 9.55. The number of thioether (sulfide) groups is 1. The van der Waals surface area contributed by atoms with Crippen LogP contribution in [0.5, 0.6) is 11.5 Å². The number of hydrogen-bond donors (Lipinski definition) is 2. The molecular formula is C54H71FN2O7S. The van der Waals surface area contributed by atoms with Crippen molar-refractivity contribution in [3.05, 3.63) is 114 Å². The van der Waals surface area contributed by atoms with Crippen molar-refractivity contribution >= 4 is 23.4 Å². The summed E-state index contributed by atoms with van der Waals surface area (Å²) >= 11 is 1.75. The van der Waals surface area contributed by atoms with Gasteiger partial charge >= 0.3 is 0 Å². The summed E-state index contributed by atoms with van der Waals surface area (Å²) in [5.74, 6) is 0.561. The molecule has 3 aromatic rings. The molecule has 0 saturated heterocycles. The van der Waals surface area contributed by atoms with Crippen LogP contribution in [0.4, 0.5) is 4.39 Å². The number of amides is 1. The Morgan fingerprint density at radius 3 is 2.43 bits per heavy atom. The van der Waals surface area contributed by atoms with Crippen LogP contribution in [0, 0.1) is 29.5 Å². The molecule has 1 amide bonds. The van der Waals surface area contributed by atoms with Gasteiger partial charge in [-0.3, -0.25) is 4.79 Å². The zero-order valence-corrected chi connectivity index (χ0v) is 39.6. The van der Waals surface area contributed by atoms with Crippen LogP contribution in [0.25, 0.3) is 0 Å². The molecule has 2 saturated carbocycles. The molecule has 1 heterocycles. The number of oxime groups is 1. The normalized spacial score (nSPS) is 24.4. The highest BCUT2D eigenvalue weighted by Crippen LogP contribution is 2.62. The molecule has 2 fully saturated rings. The molecule has 2 N–H and O–H groups in total. The SMILES string of the molecule is C=CCO[C@@]12Oc3ccc(OCCSc4ccccc4)cc3[C@H]3[C@H](CCCCO)[C@@H](CCCCO)C=C(C(=NOC(C)(C)C)C[C@@H]1N(Cc1ccc(F)cc1)C(=O)CCC1CCCC1)[C@H]32. The van der Waals surface area contributed by atoms with Crippen LogP contribution in [0.3, 0.4) is 0 Å². The Balaban J connectivity index is 1.39. The Bertz CT molecular complexity index is 2070. The highest BCUT2D eigenvalue weighted by atomic mass is 32.2. The van der Waals surface area contributed by atoms with Crippen LogP contribution in [-0.4, -0.2) is 76.3 Å². The van der Waals surface area contributed by atoms with Crippen LogP contribution >= 0.6 is 11.8 Å². The van der Waals surface area contributed by atoms with E-state index < -0.39 is 23.3 Å². The Kier molecular flexibility index (Phi) is 17.3. The standard InChI is InChI=1S/C54H71FN2O7S/c1-5-31-62-54-49(57(37-39-21-24-41(55)25-22-39)50(60)28-23-38-15-9-10-16-38)36-47(56-64-53(2,3)4)45-34-40(17-11-13-29-58)44(20-12-14-30-59)51(52(45)54)46-35-42(26-27-48(46)63-54)61-32-33-65-43-18-7-6-8-19-43/h5-8,18-19,21-22,24-27,34-35,38,40,44,49,51-52,58-59H,1,9-17,20,23,28-33,36-37H2,2-4H3/t40-,44+,49-,51+,52+,54+/m0/s1. The molecule has 0 bridgehead atoms. The van der Waals surface area contributed by atoms with Crippen molar-refractivity contribution in [2.45, 2.75) is 139 Å². The summed E-state index contributed by atoms with van der Waals surface area (Å²) in [6.45, 7) is 11.2. The van der Waals surface area contributed by atoms with Crippen LogP contribution in [0.2, 0.25) is 0 Å². The molecule has 0 aromatic heterocycles. The van der Waals surface area contributed by atoms with E-state index in [9.17, 15) is 14.6 Å². The molecule has 3 aliphatic carbocycles. The third kappa shape index (κ3) is 12.2. The molecule has 7 rings (SSSR count). The van der Waals surface area contributed by atoms with Crippen LogP contribution in [-0.2, 0) is 20.9 Å². The van der Waals surface area contributed by atoms with Gasteiger partial charge in [-0.05, 0) is 124 Å². The minimum Gasteiger partial charge on any atom is -0.493 e. The molecule has 65 heavy (non-hydrogen) atoms. The van der Waals surface area contributed by atoms with Crippen molar-refractivity contribution in [3.8, 4) is 11.5 Å². The summed E-state index contributed by atoms with van der Waals surface area (Å²) in [6, 6.07) is 22.2. The molecule has 9 nitrogen and oxygen atoms in total. The van der Waals surface area contributed by atoms with Crippen molar-refractivity contribution in [2.24, 2.45) is 28.8 Å². The Morgan fingerprint density at radius 1 is 0.985 bits per heavy atom. The highest BCUT2D eigenvalue weighted by Gasteiger charge is 2.65. The summed E-state index contributed by atoms with van der Waals surface area (Å²) in [5.41, 5.74) is 2.97. The Hall–Kier alpha value is -4.16. The van der Waals surface area contributed by atoms with E-state index in [0.29, 0.717) is 44.0 Å². The minimum atomic E-state index is -1.39. The summed E-state index contributed by atoms with van der Waals surface area (Å²) in [7, 11) is 0. The van der Waals surface area contributed by atoms with Gasteiger partial charge in [0.25, 0.3) is 0 Å². The van der Waals surface area contributed by atoms with Gasteiger partial charge < -0.3 is 34.2 Å². The second-order valence-electron chi connectivity index (χ2n) is 19.3. The lowest BCUT2D eigenvalue weighted by Gasteiger charge is -2.60. The van der Waals surface area contributed by atoms with E-state index in [4.69, 9.17) is 24.2 Å². The number of fused-ring (bicyclic) bond motifs is 2. The summed E-state index contributed by atoms with van der Waals surface area (Å²) in [6.07, 6.45) is 15.0. The Morgan fingerprint density at radius 2 is 1.72 bits per heavy atom. The first kappa shape index (κ1) is 48.8. The molecule has 352 valence electrons. The van der Waals surface area contributed by atoms with Gasteiger partial charge in [-0.25, -0.2) is 4.39 Å². The zero-order valence-electron chi connectivity index (χ0n) is 38.8. The summed E-state index contributed by atoms with van der Waals surface area (Å²) < 4.78 is 35.6. The highest BCUT2D eigenvalue weighted by molar-refractivity contribution is 7.99. The first-order valence-electron chi connectivity index (χ1n) is 24.1. The van der Waals surface area contributed by atoms with Gasteiger partial charge in [0.05, 0.1) is 24.8 Å². The number of carbonyl (C=O) groups excluding carboxylic acids is 1. The van der Waals surface area contributed by atoms with E-state index in [0.717, 1.165) is 78.9 Å². The fourth-order valence-corrected chi connectivity index (χ4v) is 11.4. The topological polar surface area (TPSA) is 110 Å². The van der Waals surface area contributed by atoms with E-state index in [-0.39, 0.29) is 55.8 Å².